The van der Waals surface area contributed by atoms with E-state index in [9.17, 15) is 4.79 Å². The molecule has 0 saturated carbocycles. The van der Waals surface area contributed by atoms with Crippen LogP contribution in [0.15, 0.2) is 36.8 Å². The van der Waals surface area contributed by atoms with E-state index < -0.39 is 5.60 Å². The van der Waals surface area contributed by atoms with Crippen molar-refractivity contribution in [1.82, 2.24) is 19.4 Å². The van der Waals surface area contributed by atoms with Crippen molar-refractivity contribution in [3.05, 3.63) is 36.8 Å². The van der Waals surface area contributed by atoms with E-state index in [0.717, 1.165) is 40.7 Å². The number of nitrogens with two attached hydrogens (primary N) is 1. The first kappa shape index (κ1) is 21.0. The average molecular weight is 424 g/mol. The third kappa shape index (κ3) is 4.57. The molecule has 8 nitrogen and oxygen atoms in total. The molecule has 1 aliphatic heterocycles. The maximum Gasteiger partial charge on any atom is 0.410 e. The lowest BCUT2D eigenvalue weighted by Gasteiger charge is -2.33. The molecule has 0 bridgehead atoms. The number of hydrogen-bond acceptors (Lipinski definition) is 6. The Morgan fingerprint density at radius 1 is 1.13 bits per heavy atom. The van der Waals surface area contributed by atoms with Crippen LogP contribution in [-0.2, 0) is 11.8 Å². The Morgan fingerprint density at radius 3 is 2.45 bits per heavy atom. The van der Waals surface area contributed by atoms with Crippen molar-refractivity contribution in [2.45, 2.75) is 45.3 Å². The Balaban J connectivity index is 1.50. The number of anilines is 1. The quantitative estimate of drug-likeness (QED) is 0.640. The first-order valence-electron chi connectivity index (χ1n) is 10.5. The number of aryl methyl sites for hydroxylation is 1. The molecule has 164 valence electrons. The summed E-state index contributed by atoms with van der Waals surface area (Å²) in [6, 6.07) is 7.73. The van der Waals surface area contributed by atoms with Crippen LogP contribution in [0.2, 0.25) is 0 Å². The topological polar surface area (TPSA) is 95.5 Å². The summed E-state index contributed by atoms with van der Waals surface area (Å²) in [7, 11) is 1.96. The van der Waals surface area contributed by atoms with E-state index in [1.54, 1.807) is 4.90 Å². The molecule has 0 spiro atoms. The van der Waals surface area contributed by atoms with Crippen molar-refractivity contribution >= 4 is 22.8 Å². The summed E-state index contributed by atoms with van der Waals surface area (Å²) in [5, 5.41) is 0. The minimum atomic E-state index is -0.494. The van der Waals surface area contributed by atoms with Crippen LogP contribution >= 0.6 is 0 Å². The van der Waals surface area contributed by atoms with Gasteiger partial charge in [-0.1, -0.05) is 12.1 Å². The first-order valence-corrected chi connectivity index (χ1v) is 10.5. The molecule has 1 fully saturated rings. The molecule has 3 aromatic rings. The van der Waals surface area contributed by atoms with Gasteiger partial charge in [-0.3, -0.25) is 0 Å². The number of carbonyl (C=O) groups excluding carboxylic acids is 1. The number of hydrogen-bond donors (Lipinski definition) is 1. The Hall–Kier alpha value is -3.29. The number of benzene rings is 1. The number of amides is 1. The number of nitrogen functional groups attached to an aromatic ring is 1. The summed E-state index contributed by atoms with van der Waals surface area (Å²) in [5.74, 6) is 0.560. The first-order chi connectivity index (χ1) is 14.7. The Bertz CT molecular complexity index is 1080. The van der Waals surface area contributed by atoms with Crippen LogP contribution < -0.4 is 10.5 Å². The molecule has 1 amide bonds. The van der Waals surface area contributed by atoms with Gasteiger partial charge >= 0.3 is 6.09 Å². The van der Waals surface area contributed by atoms with Gasteiger partial charge in [-0.05, 0) is 38.5 Å². The molecule has 0 aliphatic carbocycles. The van der Waals surface area contributed by atoms with Crippen LogP contribution in [0.25, 0.3) is 22.2 Å². The fourth-order valence-electron chi connectivity index (χ4n) is 3.80. The second-order valence-electron chi connectivity index (χ2n) is 8.94. The summed E-state index contributed by atoms with van der Waals surface area (Å²) in [5.41, 5.74) is 9.78. The molecule has 2 N–H and O–H groups in total. The standard InChI is InChI=1S/C23H29N5O3/c1-23(2,3)31-22(29)28-11-9-17(10-12-28)30-21-20-19(25-14-26-21)18(13-27(20)4)15-5-7-16(24)8-6-15/h5-8,13-14,17H,9-12,24H2,1-4H3. The molecule has 0 radical (unpaired) electrons. The summed E-state index contributed by atoms with van der Waals surface area (Å²) in [6.07, 6.45) is 4.72. The summed E-state index contributed by atoms with van der Waals surface area (Å²) >= 11 is 0. The molecular weight excluding hydrogens is 394 g/mol. The van der Waals surface area contributed by atoms with Gasteiger partial charge in [-0.2, -0.15) is 4.98 Å². The SMILES string of the molecule is Cn1cc(-c2ccc(N)cc2)c2ncnc(OC3CCN(C(=O)OC(C)(C)C)CC3)c21. The van der Waals surface area contributed by atoms with E-state index in [1.165, 1.54) is 6.33 Å². The van der Waals surface area contributed by atoms with Gasteiger partial charge < -0.3 is 24.7 Å². The summed E-state index contributed by atoms with van der Waals surface area (Å²) in [6.45, 7) is 6.81. The third-order valence-electron chi connectivity index (χ3n) is 5.31. The number of rotatable bonds is 3. The highest BCUT2D eigenvalue weighted by molar-refractivity contribution is 5.95. The Morgan fingerprint density at radius 2 is 1.81 bits per heavy atom. The molecule has 0 unspecified atom stereocenters. The maximum absolute atomic E-state index is 12.3. The highest BCUT2D eigenvalue weighted by atomic mass is 16.6. The zero-order chi connectivity index (χ0) is 22.2. The number of piperidine rings is 1. The van der Waals surface area contributed by atoms with Gasteiger partial charge in [-0.25, -0.2) is 9.78 Å². The van der Waals surface area contributed by atoms with Crippen molar-refractivity contribution in [2.24, 2.45) is 7.05 Å². The molecule has 31 heavy (non-hydrogen) atoms. The zero-order valence-electron chi connectivity index (χ0n) is 18.5. The second kappa shape index (κ2) is 8.09. The van der Waals surface area contributed by atoms with E-state index in [1.807, 2.05) is 62.8 Å². The van der Waals surface area contributed by atoms with Crippen LogP contribution in [0, 0.1) is 0 Å². The Labute approximate surface area is 182 Å². The van der Waals surface area contributed by atoms with Gasteiger partial charge in [0.2, 0.25) is 5.88 Å². The number of fused-ring (bicyclic) bond motifs is 1. The molecule has 1 aliphatic rings. The average Bonchev–Trinajstić information content (AvgIpc) is 3.05. The smallest absolute Gasteiger partial charge is 0.410 e. The molecule has 1 saturated heterocycles. The van der Waals surface area contributed by atoms with Crippen molar-refractivity contribution in [1.29, 1.82) is 0 Å². The fraction of sp³-hybridized carbons (Fsp3) is 0.435. The number of carbonyl (C=O) groups is 1. The fourth-order valence-corrected chi connectivity index (χ4v) is 3.80. The lowest BCUT2D eigenvalue weighted by atomic mass is 10.1. The number of nitrogens with zero attached hydrogens (tertiary/aromatic N) is 4. The minimum absolute atomic E-state index is 0.0216. The number of aromatic nitrogens is 3. The molecule has 4 rings (SSSR count). The van der Waals surface area contributed by atoms with Crippen molar-refractivity contribution in [3.8, 4) is 17.0 Å². The van der Waals surface area contributed by atoms with Crippen LogP contribution in [-0.4, -0.2) is 50.3 Å². The van der Waals surface area contributed by atoms with E-state index in [-0.39, 0.29) is 12.2 Å². The number of ether oxygens (including phenoxy) is 2. The third-order valence-corrected chi connectivity index (χ3v) is 5.31. The lowest BCUT2D eigenvalue weighted by molar-refractivity contribution is 0.0124. The molecule has 8 heteroatoms. The Kier molecular flexibility index (Phi) is 5.47. The monoisotopic (exact) mass is 423 g/mol. The van der Waals surface area contributed by atoms with Gasteiger partial charge in [0.25, 0.3) is 0 Å². The van der Waals surface area contributed by atoms with E-state index in [2.05, 4.69) is 9.97 Å². The van der Waals surface area contributed by atoms with Crippen molar-refractivity contribution in [2.75, 3.05) is 18.8 Å². The molecule has 3 heterocycles. The molecule has 0 atom stereocenters. The second-order valence-corrected chi connectivity index (χ2v) is 8.94. The minimum Gasteiger partial charge on any atom is -0.473 e. The molecular formula is C23H29N5O3. The molecule has 1 aromatic carbocycles. The maximum atomic E-state index is 12.3. The van der Waals surface area contributed by atoms with Crippen molar-refractivity contribution in [3.63, 3.8) is 0 Å². The van der Waals surface area contributed by atoms with Gasteiger partial charge in [-0.15, -0.1) is 0 Å². The zero-order valence-corrected chi connectivity index (χ0v) is 18.5. The highest BCUT2D eigenvalue weighted by Gasteiger charge is 2.28. The highest BCUT2D eigenvalue weighted by Crippen LogP contribution is 2.33. The van der Waals surface area contributed by atoms with Gasteiger partial charge in [0.05, 0.1) is 0 Å². The lowest BCUT2D eigenvalue weighted by Crippen LogP contribution is -2.44. The van der Waals surface area contributed by atoms with Crippen LogP contribution in [0.4, 0.5) is 10.5 Å². The van der Waals surface area contributed by atoms with Crippen LogP contribution in [0.5, 0.6) is 5.88 Å². The van der Waals surface area contributed by atoms with Crippen LogP contribution in [0.3, 0.4) is 0 Å². The van der Waals surface area contributed by atoms with E-state index in [4.69, 9.17) is 15.2 Å². The van der Waals surface area contributed by atoms with Crippen LogP contribution in [0.1, 0.15) is 33.6 Å². The van der Waals surface area contributed by atoms with E-state index >= 15 is 0 Å². The molecule has 2 aromatic heterocycles. The predicted octanol–water partition coefficient (Wildman–Crippen LogP) is 4.00. The van der Waals surface area contributed by atoms with E-state index in [0.29, 0.717) is 19.0 Å². The normalized spacial score (nSPS) is 15.3. The van der Waals surface area contributed by atoms with Gasteiger partial charge in [0.15, 0.2) is 0 Å². The van der Waals surface area contributed by atoms with Gasteiger partial charge in [0.1, 0.15) is 29.1 Å². The van der Waals surface area contributed by atoms with Gasteiger partial charge in [0, 0.05) is 50.4 Å². The predicted molar refractivity (Wildman–Crippen MR) is 120 cm³/mol. The summed E-state index contributed by atoms with van der Waals surface area (Å²) < 4.78 is 13.7. The number of likely N-dealkylation sites (tertiary alicyclic amines) is 1. The van der Waals surface area contributed by atoms with Crippen molar-refractivity contribution < 1.29 is 14.3 Å². The summed E-state index contributed by atoms with van der Waals surface area (Å²) in [4.78, 5) is 22.9. The largest absolute Gasteiger partial charge is 0.473 e.